The molecular weight excluding hydrogens is 220 g/mol. The molecule has 0 amide bonds. The number of para-hydroxylation sites is 1. The average molecular weight is 240 g/mol. The van der Waals surface area contributed by atoms with Crippen molar-refractivity contribution < 1.29 is 4.74 Å². The largest absolute Gasteiger partial charge is 0.489 e. The normalized spacial score (nSPS) is 10.7. The fourth-order valence-corrected chi connectivity index (χ4v) is 2.02. The van der Waals surface area contributed by atoms with Gasteiger partial charge in [-0.15, -0.1) is 0 Å². The molecule has 0 fully saturated rings. The van der Waals surface area contributed by atoms with Crippen LogP contribution < -0.4 is 4.74 Å². The fourth-order valence-electron chi connectivity index (χ4n) is 2.02. The molecule has 0 aliphatic carbocycles. The summed E-state index contributed by atoms with van der Waals surface area (Å²) in [6, 6.07) is 16.6. The lowest BCUT2D eigenvalue weighted by molar-refractivity contribution is 0.301. The van der Waals surface area contributed by atoms with Crippen LogP contribution in [-0.2, 0) is 6.61 Å². The van der Waals surface area contributed by atoms with E-state index in [-0.39, 0.29) is 0 Å². The molecule has 0 aliphatic rings. The summed E-state index contributed by atoms with van der Waals surface area (Å²) in [6.07, 6.45) is 0. The Morgan fingerprint density at radius 3 is 2.33 bits per heavy atom. The van der Waals surface area contributed by atoms with Gasteiger partial charge in [0.15, 0.2) is 0 Å². The monoisotopic (exact) mass is 240 g/mol. The summed E-state index contributed by atoms with van der Waals surface area (Å²) in [7, 11) is 0. The maximum absolute atomic E-state index is 5.97. The molecule has 1 nitrogen and oxygen atoms in total. The Bertz CT molecular complexity index is 515. The zero-order chi connectivity index (χ0) is 13.0. The molecule has 94 valence electrons. The summed E-state index contributed by atoms with van der Waals surface area (Å²) in [5.74, 6) is 1.48. The van der Waals surface area contributed by atoms with E-state index in [2.05, 4.69) is 57.2 Å². The molecule has 0 saturated heterocycles. The van der Waals surface area contributed by atoms with Crippen LogP contribution in [0.1, 0.15) is 36.5 Å². The van der Waals surface area contributed by atoms with E-state index in [4.69, 9.17) is 4.74 Å². The second kappa shape index (κ2) is 5.72. The highest BCUT2D eigenvalue weighted by Crippen LogP contribution is 2.26. The lowest BCUT2D eigenvalue weighted by Gasteiger charge is -2.14. The Labute approximate surface area is 109 Å². The van der Waals surface area contributed by atoms with E-state index in [1.807, 2.05) is 12.1 Å². The molecule has 2 rings (SSSR count). The minimum absolute atomic E-state index is 0.484. The quantitative estimate of drug-likeness (QED) is 0.752. The van der Waals surface area contributed by atoms with Crippen LogP contribution in [0.5, 0.6) is 5.75 Å². The third-order valence-electron chi connectivity index (χ3n) is 3.19. The molecule has 18 heavy (non-hydrogen) atoms. The maximum Gasteiger partial charge on any atom is 0.123 e. The molecule has 0 N–H and O–H groups in total. The maximum atomic E-state index is 5.97. The highest BCUT2D eigenvalue weighted by atomic mass is 16.5. The first kappa shape index (κ1) is 12.7. The van der Waals surface area contributed by atoms with Gasteiger partial charge in [0.05, 0.1) is 0 Å². The summed E-state index contributed by atoms with van der Waals surface area (Å²) in [6.45, 7) is 7.13. The van der Waals surface area contributed by atoms with Gasteiger partial charge < -0.3 is 4.74 Å². The van der Waals surface area contributed by atoms with Crippen molar-refractivity contribution in [2.24, 2.45) is 0 Å². The van der Waals surface area contributed by atoms with Crippen LogP contribution in [0, 0.1) is 6.92 Å². The Kier molecular flexibility index (Phi) is 4.03. The Balaban J connectivity index is 2.14. The number of benzene rings is 2. The summed E-state index contributed by atoms with van der Waals surface area (Å²) in [4.78, 5) is 0. The molecule has 0 heterocycles. The van der Waals surface area contributed by atoms with E-state index in [1.54, 1.807) is 0 Å². The van der Waals surface area contributed by atoms with Gasteiger partial charge in [0.1, 0.15) is 12.4 Å². The standard InChI is InChI=1S/C17H20O/c1-13(2)16-10-6-7-11-17(16)18-12-15-9-5-4-8-14(15)3/h4-11,13H,12H2,1-3H3. The minimum atomic E-state index is 0.484. The van der Waals surface area contributed by atoms with Crippen LogP contribution in [-0.4, -0.2) is 0 Å². The molecule has 0 spiro atoms. The summed E-state index contributed by atoms with van der Waals surface area (Å²) in [5.41, 5.74) is 3.79. The predicted octanol–water partition coefficient (Wildman–Crippen LogP) is 4.70. The van der Waals surface area contributed by atoms with Gasteiger partial charge in [0.25, 0.3) is 0 Å². The van der Waals surface area contributed by atoms with E-state index < -0.39 is 0 Å². The Morgan fingerprint density at radius 2 is 1.61 bits per heavy atom. The van der Waals surface area contributed by atoms with E-state index >= 15 is 0 Å². The van der Waals surface area contributed by atoms with Gasteiger partial charge in [-0.25, -0.2) is 0 Å². The van der Waals surface area contributed by atoms with Crippen molar-refractivity contribution in [2.75, 3.05) is 0 Å². The number of rotatable bonds is 4. The number of aryl methyl sites for hydroxylation is 1. The zero-order valence-electron chi connectivity index (χ0n) is 11.3. The van der Waals surface area contributed by atoms with Gasteiger partial charge in [-0.1, -0.05) is 56.3 Å². The molecule has 0 aromatic heterocycles. The first-order chi connectivity index (χ1) is 8.68. The highest BCUT2D eigenvalue weighted by molar-refractivity contribution is 5.36. The lowest BCUT2D eigenvalue weighted by Crippen LogP contribution is -2.01. The fraction of sp³-hybridized carbons (Fsp3) is 0.294. The third-order valence-corrected chi connectivity index (χ3v) is 3.19. The van der Waals surface area contributed by atoms with Crippen molar-refractivity contribution in [1.29, 1.82) is 0 Å². The smallest absolute Gasteiger partial charge is 0.123 e. The van der Waals surface area contributed by atoms with E-state index in [9.17, 15) is 0 Å². The average Bonchev–Trinajstić information content (AvgIpc) is 2.38. The third kappa shape index (κ3) is 2.92. The molecule has 0 bridgehead atoms. The summed E-state index contributed by atoms with van der Waals surface area (Å²) < 4.78 is 5.97. The Hall–Kier alpha value is -1.76. The van der Waals surface area contributed by atoms with Crippen molar-refractivity contribution in [3.05, 3.63) is 65.2 Å². The lowest BCUT2D eigenvalue weighted by atomic mass is 10.0. The van der Waals surface area contributed by atoms with Crippen LogP contribution in [0.25, 0.3) is 0 Å². The van der Waals surface area contributed by atoms with E-state index in [0.717, 1.165) is 5.75 Å². The molecule has 2 aromatic carbocycles. The topological polar surface area (TPSA) is 9.23 Å². The van der Waals surface area contributed by atoms with Gasteiger partial charge >= 0.3 is 0 Å². The molecule has 0 saturated carbocycles. The van der Waals surface area contributed by atoms with Gasteiger partial charge in [-0.3, -0.25) is 0 Å². The molecule has 0 aliphatic heterocycles. The number of hydrogen-bond acceptors (Lipinski definition) is 1. The summed E-state index contributed by atoms with van der Waals surface area (Å²) >= 11 is 0. The zero-order valence-corrected chi connectivity index (χ0v) is 11.3. The van der Waals surface area contributed by atoms with Crippen LogP contribution in [0.3, 0.4) is 0 Å². The number of ether oxygens (including phenoxy) is 1. The van der Waals surface area contributed by atoms with Crippen molar-refractivity contribution in [3.63, 3.8) is 0 Å². The molecule has 2 aromatic rings. The van der Waals surface area contributed by atoms with E-state index in [0.29, 0.717) is 12.5 Å². The van der Waals surface area contributed by atoms with Crippen LogP contribution in [0.15, 0.2) is 48.5 Å². The van der Waals surface area contributed by atoms with Crippen LogP contribution >= 0.6 is 0 Å². The number of hydrogen-bond donors (Lipinski definition) is 0. The molecule has 0 atom stereocenters. The van der Waals surface area contributed by atoms with Gasteiger partial charge in [0.2, 0.25) is 0 Å². The minimum Gasteiger partial charge on any atom is -0.489 e. The second-order valence-electron chi connectivity index (χ2n) is 4.91. The van der Waals surface area contributed by atoms with Crippen molar-refractivity contribution >= 4 is 0 Å². The first-order valence-corrected chi connectivity index (χ1v) is 6.44. The van der Waals surface area contributed by atoms with Crippen molar-refractivity contribution in [2.45, 2.75) is 33.3 Å². The van der Waals surface area contributed by atoms with Crippen LogP contribution in [0.2, 0.25) is 0 Å². The summed E-state index contributed by atoms with van der Waals surface area (Å²) in [5, 5.41) is 0. The highest BCUT2D eigenvalue weighted by Gasteiger charge is 2.07. The molecule has 0 unspecified atom stereocenters. The molecule has 0 radical (unpaired) electrons. The SMILES string of the molecule is Cc1ccccc1COc1ccccc1C(C)C. The van der Waals surface area contributed by atoms with Gasteiger partial charge in [-0.05, 0) is 35.6 Å². The van der Waals surface area contributed by atoms with Gasteiger partial charge in [-0.2, -0.15) is 0 Å². The molecular formula is C17H20O. The second-order valence-corrected chi connectivity index (χ2v) is 4.91. The van der Waals surface area contributed by atoms with Gasteiger partial charge in [0, 0.05) is 0 Å². The van der Waals surface area contributed by atoms with Crippen molar-refractivity contribution in [3.8, 4) is 5.75 Å². The predicted molar refractivity (Wildman–Crippen MR) is 76.0 cm³/mol. The van der Waals surface area contributed by atoms with E-state index in [1.165, 1.54) is 16.7 Å². The molecule has 1 heteroatoms. The van der Waals surface area contributed by atoms with Crippen molar-refractivity contribution in [1.82, 2.24) is 0 Å². The Morgan fingerprint density at radius 1 is 0.944 bits per heavy atom. The first-order valence-electron chi connectivity index (χ1n) is 6.44. The van der Waals surface area contributed by atoms with Crippen LogP contribution in [0.4, 0.5) is 0 Å².